The first-order valence-corrected chi connectivity index (χ1v) is 6.12. The second kappa shape index (κ2) is 7.11. The van der Waals surface area contributed by atoms with Gasteiger partial charge in [0.15, 0.2) is 11.5 Å². The van der Waals surface area contributed by atoms with Crippen LogP contribution in [0.3, 0.4) is 0 Å². The molecule has 4 heteroatoms. The second-order valence-electron chi connectivity index (χ2n) is 4.47. The molecule has 1 rings (SSSR count). The van der Waals surface area contributed by atoms with E-state index in [9.17, 15) is 0 Å². The van der Waals surface area contributed by atoms with E-state index in [0.29, 0.717) is 29.8 Å². The number of nitrogens with one attached hydrogen (secondary N) is 1. The first-order valence-electron chi connectivity index (χ1n) is 6.12. The fraction of sp³-hybridized carbons (Fsp3) is 0.571. The van der Waals surface area contributed by atoms with Gasteiger partial charge >= 0.3 is 0 Å². The Hall–Kier alpha value is -1.42. The molecule has 1 unspecified atom stereocenters. The van der Waals surface area contributed by atoms with Crippen molar-refractivity contribution in [2.45, 2.75) is 13.8 Å². The molecule has 0 saturated carbocycles. The SMILES string of the molecule is CNCC(C)COc1c(OC)cc(C)cc1OC. The molecule has 1 aromatic carbocycles. The summed E-state index contributed by atoms with van der Waals surface area (Å²) in [4.78, 5) is 0. The molecule has 0 bridgehead atoms. The molecule has 0 aliphatic heterocycles. The maximum atomic E-state index is 5.83. The third-order valence-corrected chi connectivity index (χ3v) is 2.67. The molecule has 0 fully saturated rings. The van der Waals surface area contributed by atoms with Crippen molar-refractivity contribution in [1.29, 1.82) is 0 Å². The number of ether oxygens (including phenoxy) is 3. The Morgan fingerprint density at radius 3 is 2.17 bits per heavy atom. The first kappa shape index (κ1) is 14.6. The van der Waals surface area contributed by atoms with Crippen LogP contribution < -0.4 is 19.5 Å². The maximum Gasteiger partial charge on any atom is 0.203 e. The van der Waals surface area contributed by atoms with E-state index in [1.54, 1.807) is 14.2 Å². The molecule has 0 heterocycles. The van der Waals surface area contributed by atoms with Gasteiger partial charge in [-0.1, -0.05) is 6.92 Å². The third-order valence-electron chi connectivity index (χ3n) is 2.67. The molecule has 18 heavy (non-hydrogen) atoms. The average Bonchev–Trinajstić information content (AvgIpc) is 2.36. The zero-order valence-corrected chi connectivity index (χ0v) is 11.9. The van der Waals surface area contributed by atoms with E-state index >= 15 is 0 Å². The standard InChI is InChI=1S/C14H23NO3/c1-10-6-12(16-4)14(13(7-10)17-5)18-9-11(2)8-15-3/h6-7,11,15H,8-9H2,1-5H3. The predicted octanol–water partition coefficient (Wildman–Crippen LogP) is 2.25. The summed E-state index contributed by atoms with van der Waals surface area (Å²) in [5.74, 6) is 2.52. The molecule has 1 N–H and O–H groups in total. The number of rotatable bonds is 7. The minimum Gasteiger partial charge on any atom is -0.493 e. The van der Waals surface area contributed by atoms with Crippen LogP contribution in [0.5, 0.6) is 17.2 Å². The van der Waals surface area contributed by atoms with Gasteiger partial charge in [-0.15, -0.1) is 0 Å². The van der Waals surface area contributed by atoms with Crippen LogP contribution in [0.15, 0.2) is 12.1 Å². The molecule has 1 atom stereocenters. The van der Waals surface area contributed by atoms with Gasteiger partial charge in [0.1, 0.15) is 0 Å². The zero-order chi connectivity index (χ0) is 13.5. The highest BCUT2D eigenvalue weighted by molar-refractivity contribution is 5.53. The van der Waals surface area contributed by atoms with Crippen molar-refractivity contribution < 1.29 is 14.2 Å². The van der Waals surface area contributed by atoms with Crippen molar-refractivity contribution in [3.8, 4) is 17.2 Å². The topological polar surface area (TPSA) is 39.7 Å². The lowest BCUT2D eigenvalue weighted by Crippen LogP contribution is -2.21. The average molecular weight is 253 g/mol. The largest absolute Gasteiger partial charge is 0.493 e. The van der Waals surface area contributed by atoms with E-state index in [0.717, 1.165) is 12.1 Å². The van der Waals surface area contributed by atoms with Crippen molar-refractivity contribution in [2.75, 3.05) is 34.4 Å². The Kier molecular flexibility index (Phi) is 5.78. The third kappa shape index (κ3) is 3.81. The molecule has 0 radical (unpaired) electrons. The zero-order valence-electron chi connectivity index (χ0n) is 11.9. The Bertz CT molecular complexity index is 354. The molecule has 0 aliphatic carbocycles. The fourth-order valence-electron chi connectivity index (χ4n) is 1.79. The van der Waals surface area contributed by atoms with E-state index in [1.165, 1.54) is 0 Å². The van der Waals surface area contributed by atoms with Crippen LogP contribution in [0.2, 0.25) is 0 Å². The van der Waals surface area contributed by atoms with Crippen molar-refractivity contribution in [2.24, 2.45) is 5.92 Å². The van der Waals surface area contributed by atoms with Crippen LogP contribution in [0.25, 0.3) is 0 Å². The lowest BCUT2D eigenvalue weighted by atomic mass is 10.2. The Morgan fingerprint density at radius 1 is 1.17 bits per heavy atom. The summed E-state index contributed by atoms with van der Waals surface area (Å²) < 4.78 is 16.5. The normalized spacial score (nSPS) is 12.1. The molecule has 4 nitrogen and oxygen atoms in total. The number of hydrogen-bond acceptors (Lipinski definition) is 4. The van der Waals surface area contributed by atoms with Crippen LogP contribution in [0.4, 0.5) is 0 Å². The number of methoxy groups -OCH3 is 2. The molecule has 0 amide bonds. The highest BCUT2D eigenvalue weighted by atomic mass is 16.5. The van der Waals surface area contributed by atoms with Crippen LogP contribution in [0.1, 0.15) is 12.5 Å². The Labute approximate surface area is 109 Å². The summed E-state index contributed by atoms with van der Waals surface area (Å²) in [7, 11) is 5.21. The molecule has 1 aromatic rings. The van der Waals surface area contributed by atoms with Crippen LogP contribution in [0, 0.1) is 12.8 Å². The quantitative estimate of drug-likeness (QED) is 0.809. The highest BCUT2D eigenvalue weighted by Crippen LogP contribution is 2.38. The lowest BCUT2D eigenvalue weighted by Gasteiger charge is -2.17. The summed E-state index contributed by atoms with van der Waals surface area (Å²) in [6.07, 6.45) is 0. The number of aryl methyl sites for hydroxylation is 1. The molecule has 0 aliphatic rings. The van der Waals surface area contributed by atoms with E-state index in [2.05, 4.69) is 12.2 Å². The second-order valence-corrected chi connectivity index (χ2v) is 4.47. The van der Waals surface area contributed by atoms with Gasteiger partial charge < -0.3 is 19.5 Å². The van der Waals surface area contributed by atoms with Gasteiger partial charge in [0.05, 0.1) is 20.8 Å². The summed E-state index contributed by atoms with van der Waals surface area (Å²) in [5, 5.41) is 3.13. The first-order chi connectivity index (χ1) is 8.62. The minimum atomic E-state index is 0.422. The summed E-state index contributed by atoms with van der Waals surface area (Å²) in [5.41, 5.74) is 1.08. The highest BCUT2D eigenvalue weighted by Gasteiger charge is 2.14. The Balaban J connectivity index is 2.85. The molecule has 0 spiro atoms. The predicted molar refractivity (Wildman–Crippen MR) is 72.9 cm³/mol. The smallest absolute Gasteiger partial charge is 0.203 e. The molecule has 102 valence electrons. The van der Waals surface area contributed by atoms with Crippen LogP contribution >= 0.6 is 0 Å². The van der Waals surface area contributed by atoms with Crippen LogP contribution in [-0.4, -0.2) is 34.4 Å². The summed E-state index contributed by atoms with van der Waals surface area (Å²) >= 11 is 0. The van der Waals surface area contributed by atoms with Crippen molar-refractivity contribution in [3.63, 3.8) is 0 Å². The van der Waals surface area contributed by atoms with Gasteiger partial charge in [0.25, 0.3) is 0 Å². The fourth-order valence-corrected chi connectivity index (χ4v) is 1.79. The lowest BCUT2D eigenvalue weighted by molar-refractivity contribution is 0.234. The van der Waals surface area contributed by atoms with E-state index in [1.807, 2.05) is 26.1 Å². The monoisotopic (exact) mass is 253 g/mol. The molecular formula is C14H23NO3. The van der Waals surface area contributed by atoms with Crippen LogP contribution in [-0.2, 0) is 0 Å². The van der Waals surface area contributed by atoms with Gasteiger partial charge in [-0.2, -0.15) is 0 Å². The van der Waals surface area contributed by atoms with E-state index < -0.39 is 0 Å². The van der Waals surface area contributed by atoms with Gasteiger partial charge in [-0.3, -0.25) is 0 Å². The summed E-state index contributed by atoms with van der Waals surface area (Å²) in [6.45, 7) is 5.66. The number of hydrogen-bond donors (Lipinski definition) is 1. The van der Waals surface area contributed by atoms with Crippen molar-refractivity contribution >= 4 is 0 Å². The van der Waals surface area contributed by atoms with Gasteiger partial charge in [-0.25, -0.2) is 0 Å². The van der Waals surface area contributed by atoms with Gasteiger partial charge in [0, 0.05) is 12.5 Å². The van der Waals surface area contributed by atoms with E-state index in [-0.39, 0.29) is 0 Å². The van der Waals surface area contributed by atoms with Crippen molar-refractivity contribution in [1.82, 2.24) is 5.32 Å². The molecular weight excluding hydrogens is 230 g/mol. The van der Waals surface area contributed by atoms with Crippen molar-refractivity contribution in [3.05, 3.63) is 17.7 Å². The maximum absolute atomic E-state index is 5.83. The summed E-state index contributed by atoms with van der Waals surface area (Å²) in [6, 6.07) is 3.89. The van der Waals surface area contributed by atoms with Gasteiger partial charge in [-0.05, 0) is 31.7 Å². The number of benzene rings is 1. The Morgan fingerprint density at radius 2 is 1.72 bits per heavy atom. The van der Waals surface area contributed by atoms with E-state index in [4.69, 9.17) is 14.2 Å². The molecule has 0 aromatic heterocycles. The minimum absolute atomic E-state index is 0.422. The van der Waals surface area contributed by atoms with Gasteiger partial charge in [0.2, 0.25) is 5.75 Å². The molecule has 0 saturated heterocycles.